The van der Waals surface area contributed by atoms with Crippen LogP contribution in [0.2, 0.25) is 0 Å². The van der Waals surface area contributed by atoms with Gasteiger partial charge in [0, 0.05) is 22.7 Å². The predicted octanol–water partition coefficient (Wildman–Crippen LogP) is 7.87. The quantitative estimate of drug-likeness (QED) is 0.186. The van der Waals surface area contributed by atoms with Crippen molar-refractivity contribution >= 4 is 34.6 Å². The van der Waals surface area contributed by atoms with Gasteiger partial charge in [-0.3, -0.25) is 0 Å². The Morgan fingerprint density at radius 3 is 2.45 bits per heavy atom. The number of para-hydroxylation sites is 1. The van der Waals surface area contributed by atoms with Crippen molar-refractivity contribution in [3.05, 3.63) is 123 Å². The molecule has 3 aromatic heterocycles. The van der Waals surface area contributed by atoms with Crippen molar-refractivity contribution in [1.82, 2.24) is 14.5 Å². The zero-order chi connectivity index (χ0) is 27.5. The van der Waals surface area contributed by atoms with Crippen molar-refractivity contribution in [3.63, 3.8) is 0 Å². The van der Waals surface area contributed by atoms with Gasteiger partial charge in [0.05, 0.1) is 35.3 Å². The topological polar surface area (TPSA) is 56.7 Å². The SMILES string of the molecule is COc1ccc(-c2csc(=Nc3cccc(C)c3C)n2/N=C\c2cn(-c3ccccc3)nc2-c2cccs2)cc1. The number of aryl methyl sites for hydroxylation is 1. The van der Waals surface area contributed by atoms with E-state index in [4.69, 9.17) is 19.9 Å². The average molecular weight is 562 g/mol. The normalized spacial score (nSPS) is 11.9. The fourth-order valence-electron chi connectivity index (χ4n) is 4.33. The largest absolute Gasteiger partial charge is 0.497 e. The van der Waals surface area contributed by atoms with E-state index in [1.807, 2.05) is 94.6 Å². The first-order chi connectivity index (χ1) is 19.6. The molecule has 0 unspecified atom stereocenters. The highest BCUT2D eigenvalue weighted by atomic mass is 32.1. The van der Waals surface area contributed by atoms with Crippen LogP contribution in [0, 0.1) is 13.8 Å². The van der Waals surface area contributed by atoms with Gasteiger partial charge in [0.15, 0.2) is 0 Å². The van der Waals surface area contributed by atoms with Gasteiger partial charge >= 0.3 is 0 Å². The standard InChI is InChI=1S/C32H27N5OS2/c1-22-9-7-12-28(23(22)2)34-32-37(29(21-40-32)24-14-16-27(38-3)17-15-24)33-19-25-20-36(26-10-5-4-6-11-26)35-31(25)30-13-8-18-39-30/h4-21H,1-3H3/b33-19-,34-32?. The summed E-state index contributed by atoms with van der Waals surface area (Å²) in [6, 6.07) is 28.4. The fourth-order valence-corrected chi connectivity index (χ4v) is 5.91. The van der Waals surface area contributed by atoms with Crippen LogP contribution >= 0.6 is 22.7 Å². The molecule has 6 rings (SSSR count). The molecule has 3 aromatic carbocycles. The summed E-state index contributed by atoms with van der Waals surface area (Å²) in [7, 11) is 1.67. The number of thiophene rings is 1. The third-order valence-corrected chi connectivity index (χ3v) is 8.39. The summed E-state index contributed by atoms with van der Waals surface area (Å²) in [5, 5.41) is 14.1. The Bertz CT molecular complexity index is 1840. The number of hydrogen-bond acceptors (Lipinski definition) is 6. The zero-order valence-corrected chi connectivity index (χ0v) is 24.0. The molecule has 8 heteroatoms. The van der Waals surface area contributed by atoms with Gasteiger partial charge in [-0.2, -0.15) is 10.2 Å². The van der Waals surface area contributed by atoms with E-state index in [0.717, 1.165) is 54.9 Å². The number of hydrogen-bond donors (Lipinski definition) is 0. The molecule has 3 heterocycles. The van der Waals surface area contributed by atoms with Crippen LogP contribution in [0.5, 0.6) is 5.75 Å². The number of aromatic nitrogens is 3. The van der Waals surface area contributed by atoms with Crippen LogP contribution in [0.25, 0.3) is 27.5 Å². The summed E-state index contributed by atoms with van der Waals surface area (Å²) in [4.78, 5) is 6.91. The summed E-state index contributed by atoms with van der Waals surface area (Å²) in [6.45, 7) is 4.21. The van der Waals surface area contributed by atoms with E-state index in [1.165, 1.54) is 5.56 Å². The molecule has 0 saturated carbocycles. The molecule has 6 nitrogen and oxygen atoms in total. The van der Waals surface area contributed by atoms with Gasteiger partial charge < -0.3 is 4.74 Å². The van der Waals surface area contributed by atoms with Crippen LogP contribution in [0.3, 0.4) is 0 Å². The lowest BCUT2D eigenvalue weighted by Crippen LogP contribution is -2.11. The summed E-state index contributed by atoms with van der Waals surface area (Å²) in [6.07, 6.45) is 3.90. The van der Waals surface area contributed by atoms with Crippen molar-refractivity contribution < 1.29 is 4.74 Å². The molecule has 0 aliphatic rings. The number of thiazole rings is 1. The van der Waals surface area contributed by atoms with Crippen LogP contribution < -0.4 is 9.54 Å². The van der Waals surface area contributed by atoms with Gasteiger partial charge in [-0.15, -0.1) is 22.7 Å². The van der Waals surface area contributed by atoms with Crippen LogP contribution in [-0.2, 0) is 0 Å². The molecule has 6 aromatic rings. The number of benzene rings is 3. The zero-order valence-electron chi connectivity index (χ0n) is 22.4. The Balaban J connectivity index is 1.50. The molecule has 0 N–H and O–H groups in total. The maximum absolute atomic E-state index is 5.38. The Labute approximate surface area is 240 Å². The van der Waals surface area contributed by atoms with Crippen LogP contribution in [0.1, 0.15) is 16.7 Å². The Morgan fingerprint density at radius 2 is 1.70 bits per heavy atom. The molecule has 0 atom stereocenters. The van der Waals surface area contributed by atoms with Gasteiger partial charge in [-0.25, -0.2) is 14.4 Å². The third-order valence-electron chi connectivity index (χ3n) is 6.69. The Morgan fingerprint density at radius 1 is 0.875 bits per heavy atom. The third kappa shape index (κ3) is 5.19. The molecule has 0 radical (unpaired) electrons. The van der Waals surface area contributed by atoms with E-state index in [1.54, 1.807) is 29.8 Å². The maximum atomic E-state index is 5.38. The van der Waals surface area contributed by atoms with Gasteiger partial charge in [-0.05, 0) is 78.9 Å². The summed E-state index contributed by atoms with van der Waals surface area (Å²) >= 11 is 3.22. The van der Waals surface area contributed by atoms with Gasteiger partial charge in [-0.1, -0.05) is 36.4 Å². The van der Waals surface area contributed by atoms with Gasteiger partial charge in [0.1, 0.15) is 11.4 Å². The fraction of sp³-hybridized carbons (Fsp3) is 0.0938. The first-order valence-electron chi connectivity index (χ1n) is 12.8. The molecule has 0 spiro atoms. The molecule has 0 saturated heterocycles. The number of nitrogens with zero attached hydrogens (tertiary/aromatic N) is 5. The summed E-state index contributed by atoms with van der Waals surface area (Å²) in [5.74, 6) is 0.809. The minimum absolute atomic E-state index is 0.781. The predicted molar refractivity (Wildman–Crippen MR) is 165 cm³/mol. The molecular weight excluding hydrogens is 535 g/mol. The molecular formula is C32H27N5OS2. The molecule has 0 aliphatic heterocycles. The van der Waals surface area contributed by atoms with E-state index in [2.05, 4.69) is 36.7 Å². The second kappa shape index (κ2) is 11.3. The van der Waals surface area contributed by atoms with E-state index in [9.17, 15) is 0 Å². The molecule has 198 valence electrons. The summed E-state index contributed by atoms with van der Waals surface area (Å²) < 4.78 is 9.19. The molecule has 0 aliphatic carbocycles. The number of methoxy groups -OCH3 is 1. The lowest BCUT2D eigenvalue weighted by molar-refractivity contribution is 0.415. The minimum atomic E-state index is 0.781. The minimum Gasteiger partial charge on any atom is -0.497 e. The Kier molecular flexibility index (Phi) is 7.27. The van der Waals surface area contributed by atoms with Gasteiger partial charge in [0.2, 0.25) is 4.80 Å². The smallest absolute Gasteiger partial charge is 0.211 e. The average Bonchev–Trinajstić information content (AvgIpc) is 3.75. The maximum Gasteiger partial charge on any atom is 0.211 e. The van der Waals surface area contributed by atoms with Crippen LogP contribution in [0.4, 0.5) is 5.69 Å². The van der Waals surface area contributed by atoms with E-state index in [-0.39, 0.29) is 0 Å². The van der Waals surface area contributed by atoms with Crippen LogP contribution in [-0.4, -0.2) is 27.8 Å². The molecule has 0 amide bonds. The molecule has 0 bridgehead atoms. The van der Waals surface area contributed by atoms with Crippen molar-refractivity contribution in [2.24, 2.45) is 10.1 Å². The van der Waals surface area contributed by atoms with Crippen molar-refractivity contribution in [2.45, 2.75) is 13.8 Å². The lowest BCUT2D eigenvalue weighted by Gasteiger charge is -2.06. The second-order valence-corrected chi connectivity index (χ2v) is 11.0. The van der Waals surface area contributed by atoms with E-state index >= 15 is 0 Å². The Hall–Kier alpha value is -4.53. The van der Waals surface area contributed by atoms with E-state index in [0.29, 0.717) is 0 Å². The first kappa shape index (κ1) is 25.7. The van der Waals surface area contributed by atoms with Crippen LogP contribution in [0.15, 0.2) is 112 Å². The van der Waals surface area contributed by atoms with Crippen molar-refractivity contribution in [1.29, 1.82) is 0 Å². The highest BCUT2D eigenvalue weighted by Crippen LogP contribution is 2.28. The number of rotatable bonds is 7. The first-order valence-corrected chi connectivity index (χ1v) is 14.6. The second-order valence-electron chi connectivity index (χ2n) is 9.21. The van der Waals surface area contributed by atoms with Crippen molar-refractivity contribution in [2.75, 3.05) is 7.11 Å². The highest BCUT2D eigenvalue weighted by molar-refractivity contribution is 7.13. The highest BCUT2D eigenvalue weighted by Gasteiger charge is 2.14. The monoisotopic (exact) mass is 561 g/mol. The molecule has 40 heavy (non-hydrogen) atoms. The lowest BCUT2D eigenvalue weighted by atomic mass is 10.1. The summed E-state index contributed by atoms with van der Waals surface area (Å²) in [5.41, 5.74) is 8.06. The number of ether oxygens (including phenoxy) is 1. The van der Waals surface area contributed by atoms with Crippen molar-refractivity contribution in [3.8, 4) is 33.3 Å². The van der Waals surface area contributed by atoms with E-state index < -0.39 is 0 Å². The van der Waals surface area contributed by atoms with Gasteiger partial charge in [0.25, 0.3) is 0 Å². The molecule has 0 fully saturated rings.